The van der Waals surface area contributed by atoms with Gasteiger partial charge in [0.2, 0.25) is 0 Å². The normalized spacial score (nSPS) is 10.3. The SMILES string of the molecule is CN(Cc1ccc(Cl)cc1)C(=O)c1ccc(=O)n(C)n1. The average molecular weight is 292 g/mol. The highest BCUT2D eigenvalue weighted by Crippen LogP contribution is 2.11. The molecule has 0 aliphatic heterocycles. The van der Waals surface area contributed by atoms with Crippen LogP contribution in [-0.4, -0.2) is 27.6 Å². The molecule has 0 atom stereocenters. The fourth-order valence-electron chi connectivity index (χ4n) is 1.75. The molecule has 2 rings (SSSR count). The van der Waals surface area contributed by atoms with Crippen molar-refractivity contribution in [1.29, 1.82) is 0 Å². The van der Waals surface area contributed by atoms with Crippen LogP contribution in [0.1, 0.15) is 16.1 Å². The van der Waals surface area contributed by atoms with Gasteiger partial charge in [0.1, 0.15) is 5.69 Å². The van der Waals surface area contributed by atoms with Gasteiger partial charge in [-0.2, -0.15) is 5.10 Å². The van der Waals surface area contributed by atoms with Gasteiger partial charge in [-0.15, -0.1) is 0 Å². The first-order chi connectivity index (χ1) is 9.47. The van der Waals surface area contributed by atoms with Crippen molar-refractivity contribution in [2.24, 2.45) is 7.05 Å². The maximum atomic E-state index is 12.2. The number of rotatable bonds is 3. The fraction of sp³-hybridized carbons (Fsp3) is 0.214. The molecule has 0 bridgehead atoms. The summed E-state index contributed by atoms with van der Waals surface area (Å²) in [5.41, 5.74) is 0.959. The molecule has 0 radical (unpaired) electrons. The van der Waals surface area contributed by atoms with Crippen LogP contribution in [0.15, 0.2) is 41.2 Å². The van der Waals surface area contributed by atoms with Crippen molar-refractivity contribution in [2.75, 3.05) is 7.05 Å². The summed E-state index contributed by atoms with van der Waals surface area (Å²) < 4.78 is 1.14. The minimum Gasteiger partial charge on any atom is -0.336 e. The van der Waals surface area contributed by atoms with Gasteiger partial charge in [-0.1, -0.05) is 23.7 Å². The van der Waals surface area contributed by atoms with Gasteiger partial charge >= 0.3 is 0 Å². The topological polar surface area (TPSA) is 55.2 Å². The lowest BCUT2D eigenvalue weighted by atomic mass is 10.2. The van der Waals surface area contributed by atoms with Crippen LogP contribution in [0.25, 0.3) is 0 Å². The number of aryl methyl sites for hydroxylation is 1. The molecule has 104 valence electrons. The Bertz CT molecular complexity index is 680. The van der Waals surface area contributed by atoms with Gasteiger partial charge in [0.25, 0.3) is 11.5 Å². The summed E-state index contributed by atoms with van der Waals surface area (Å²) in [7, 11) is 3.20. The first-order valence-corrected chi connectivity index (χ1v) is 6.39. The minimum absolute atomic E-state index is 0.239. The highest BCUT2D eigenvalue weighted by molar-refractivity contribution is 6.30. The van der Waals surface area contributed by atoms with Gasteiger partial charge in [-0.3, -0.25) is 9.59 Å². The van der Waals surface area contributed by atoms with E-state index in [4.69, 9.17) is 11.6 Å². The van der Waals surface area contributed by atoms with Gasteiger partial charge in [0.05, 0.1) is 0 Å². The lowest BCUT2D eigenvalue weighted by molar-refractivity contribution is 0.0776. The van der Waals surface area contributed by atoms with Crippen molar-refractivity contribution in [1.82, 2.24) is 14.7 Å². The maximum Gasteiger partial charge on any atom is 0.274 e. The van der Waals surface area contributed by atoms with Crippen LogP contribution in [0, 0.1) is 0 Å². The summed E-state index contributed by atoms with van der Waals surface area (Å²) in [4.78, 5) is 25.0. The Morgan fingerprint density at radius 3 is 2.50 bits per heavy atom. The Labute approximate surface area is 121 Å². The van der Waals surface area contributed by atoms with Crippen molar-refractivity contribution in [3.05, 3.63) is 63.0 Å². The van der Waals surface area contributed by atoms with E-state index >= 15 is 0 Å². The van der Waals surface area contributed by atoms with Crippen LogP contribution in [0.2, 0.25) is 5.02 Å². The smallest absolute Gasteiger partial charge is 0.274 e. The van der Waals surface area contributed by atoms with E-state index in [0.717, 1.165) is 10.2 Å². The number of amides is 1. The van der Waals surface area contributed by atoms with Crippen molar-refractivity contribution >= 4 is 17.5 Å². The molecular formula is C14H14ClN3O2. The predicted octanol–water partition coefficient (Wildman–Crippen LogP) is 1.71. The van der Waals surface area contributed by atoms with E-state index in [9.17, 15) is 9.59 Å². The van der Waals surface area contributed by atoms with E-state index in [1.165, 1.54) is 24.1 Å². The lowest BCUT2D eigenvalue weighted by Gasteiger charge is -2.17. The van der Waals surface area contributed by atoms with Crippen LogP contribution in [0.3, 0.4) is 0 Å². The number of aromatic nitrogens is 2. The second-order valence-electron chi connectivity index (χ2n) is 4.47. The summed E-state index contributed by atoms with van der Waals surface area (Å²) in [5, 5.41) is 4.60. The van der Waals surface area contributed by atoms with Gasteiger partial charge < -0.3 is 4.90 Å². The molecule has 2 aromatic rings. The molecular weight excluding hydrogens is 278 g/mol. The molecule has 0 N–H and O–H groups in total. The summed E-state index contributed by atoms with van der Waals surface area (Å²) in [5.74, 6) is -0.240. The molecule has 20 heavy (non-hydrogen) atoms. The number of carbonyl (C=O) groups excluding carboxylic acids is 1. The molecule has 0 saturated heterocycles. The largest absolute Gasteiger partial charge is 0.336 e. The maximum absolute atomic E-state index is 12.2. The van der Waals surface area contributed by atoms with Crippen LogP contribution >= 0.6 is 11.6 Å². The zero-order valence-corrected chi connectivity index (χ0v) is 12.0. The van der Waals surface area contributed by atoms with E-state index in [1.807, 2.05) is 12.1 Å². The Morgan fingerprint density at radius 1 is 1.25 bits per heavy atom. The Balaban J connectivity index is 2.13. The first-order valence-electron chi connectivity index (χ1n) is 6.01. The summed E-state index contributed by atoms with van der Waals surface area (Å²) in [6, 6.07) is 10.0. The third kappa shape index (κ3) is 3.24. The molecule has 0 aliphatic rings. The van der Waals surface area contributed by atoms with Crippen LogP contribution in [0.4, 0.5) is 0 Å². The van der Waals surface area contributed by atoms with Crippen LogP contribution in [0.5, 0.6) is 0 Å². The van der Waals surface area contributed by atoms with Gasteiger partial charge in [0.15, 0.2) is 0 Å². The second-order valence-corrected chi connectivity index (χ2v) is 4.90. The van der Waals surface area contributed by atoms with Gasteiger partial charge in [0, 0.05) is 31.7 Å². The van der Waals surface area contributed by atoms with E-state index in [1.54, 1.807) is 19.2 Å². The number of benzene rings is 1. The predicted molar refractivity (Wildman–Crippen MR) is 76.7 cm³/mol. The summed E-state index contributed by atoms with van der Waals surface area (Å²) in [6.07, 6.45) is 0. The third-order valence-electron chi connectivity index (χ3n) is 2.86. The van der Waals surface area contributed by atoms with Crippen molar-refractivity contribution in [3.8, 4) is 0 Å². The number of carbonyl (C=O) groups is 1. The summed E-state index contributed by atoms with van der Waals surface area (Å²) in [6.45, 7) is 0.445. The number of hydrogen-bond acceptors (Lipinski definition) is 3. The van der Waals surface area contributed by atoms with Crippen molar-refractivity contribution in [2.45, 2.75) is 6.54 Å². The van der Waals surface area contributed by atoms with Crippen molar-refractivity contribution in [3.63, 3.8) is 0 Å². The zero-order chi connectivity index (χ0) is 14.7. The average Bonchev–Trinajstić information content (AvgIpc) is 2.43. The number of nitrogens with zero attached hydrogens (tertiary/aromatic N) is 3. The van der Waals surface area contributed by atoms with E-state index < -0.39 is 0 Å². The fourth-order valence-corrected chi connectivity index (χ4v) is 1.87. The molecule has 5 nitrogen and oxygen atoms in total. The van der Waals surface area contributed by atoms with Crippen molar-refractivity contribution < 1.29 is 4.79 Å². The number of hydrogen-bond donors (Lipinski definition) is 0. The molecule has 0 spiro atoms. The van der Waals surface area contributed by atoms with Gasteiger partial charge in [-0.25, -0.2) is 4.68 Å². The molecule has 0 aliphatic carbocycles. The molecule has 1 heterocycles. The van der Waals surface area contributed by atoms with Crippen LogP contribution < -0.4 is 5.56 Å². The second kappa shape index (κ2) is 5.88. The van der Waals surface area contributed by atoms with Gasteiger partial charge in [-0.05, 0) is 23.8 Å². The molecule has 6 heteroatoms. The highest BCUT2D eigenvalue weighted by atomic mass is 35.5. The summed E-state index contributed by atoms with van der Waals surface area (Å²) >= 11 is 5.82. The minimum atomic E-state index is -0.248. The molecule has 0 unspecified atom stereocenters. The standard InChI is InChI=1S/C14H14ClN3O2/c1-17(9-10-3-5-11(15)6-4-10)14(20)12-7-8-13(19)18(2)16-12/h3-8H,9H2,1-2H3. The molecule has 0 fully saturated rings. The molecule has 0 saturated carbocycles. The molecule has 1 amide bonds. The highest BCUT2D eigenvalue weighted by Gasteiger charge is 2.14. The zero-order valence-electron chi connectivity index (χ0n) is 11.2. The van der Waals surface area contributed by atoms with E-state index in [-0.39, 0.29) is 17.2 Å². The van der Waals surface area contributed by atoms with Crippen LogP contribution in [-0.2, 0) is 13.6 Å². The lowest BCUT2D eigenvalue weighted by Crippen LogP contribution is -2.30. The molecule has 1 aromatic heterocycles. The quantitative estimate of drug-likeness (QED) is 0.865. The Hall–Kier alpha value is -2.14. The first kappa shape index (κ1) is 14.3. The Morgan fingerprint density at radius 2 is 1.90 bits per heavy atom. The monoisotopic (exact) mass is 291 g/mol. The van der Waals surface area contributed by atoms with E-state index in [0.29, 0.717) is 11.6 Å². The third-order valence-corrected chi connectivity index (χ3v) is 3.11. The molecule has 1 aromatic carbocycles. The van der Waals surface area contributed by atoms with E-state index in [2.05, 4.69) is 5.10 Å². The Kier molecular flexibility index (Phi) is 4.20. The number of halogens is 1.